The number of para-hydroxylation sites is 1. The van der Waals surface area contributed by atoms with Gasteiger partial charge in [0.25, 0.3) is 0 Å². The Morgan fingerprint density at radius 2 is 1.62 bits per heavy atom. The fraction of sp³-hybridized carbons (Fsp3) is 0.219. The maximum Gasteiger partial charge on any atom is 0.340 e. The molecule has 0 amide bonds. The van der Waals surface area contributed by atoms with Gasteiger partial charge in [0.15, 0.2) is 5.60 Å². The Hall–Kier alpha value is -4.25. The van der Waals surface area contributed by atoms with Crippen molar-refractivity contribution in [3.05, 3.63) is 113 Å². The summed E-state index contributed by atoms with van der Waals surface area (Å²) in [6.07, 6.45) is 1.03. The van der Waals surface area contributed by atoms with Crippen LogP contribution in [0.15, 0.2) is 84.9 Å². The molecule has 0 bridgehead atoms. The summed E-state index contributed by atoms with van der Waals surface area (Å²) in [4.78, 5) is 15.5. The van der Waals surface area contributed by atoms with Gasteiger partial charge in [-0.25, -0.2) is 4.79 Å². The lowest BCUT2D eigenvalue weighted by Gasteiger charge is -2.38. The Bertz CT molecular complexity index is 1510. The van der Waals surface area contributed by atoms with Crippen LogP contribution in [0.5, 0.6) is 11.5 Å². The van der Waals surface area contributed by atoms with Gasteiger partial charge in [0.2, 0.25) is 0 Å². The molecule has 2 unspecified atom stereocenters. The average Bonchev–Trinajstić information content (AvgIpc) is 3.22. The first kappa shape index (κ1) is 23.2. The van der Waals surface area contributed by atoms with E-state index in [1.807, 2.05) is 66.7 Å². The van der Waals surface area contributed by atoms with Crippen LogP contribution >= 0.6 is 0 Å². The third-order valence-corrected chi connectivity index (χ3v) is 7.75. The number of fused-ring (bicyclic) bond motifs is 6. The number of anilines is 3. The molecule has 5 nitrogen and oxygen atoms in total. The number of hydrogen-bond donors (Lipinski definition) is 1. The van der Waals surface area contributed by atoms with Gasteiger partial charge in [-0.1, -0.05) is 43.3 Å². The number of hydrogen-bond acceptors (Lipinski definition) is 5. The van der Waals surface area contributed by atoms with Crippen molar-refractivity contribution in [2.45, 2.75) is 38.8 Å². The van der Waals surface area contributed by atoms with E-state index < -0.39 is 5.60 Å². The van der Waals surface area contributed by atoms with Gasteiger partial charge < -0.3 is 19.7 Å². The minimum atomic E-state index is -1.09. The van der Waals surface area contributed by atoms with E-state index in [-0.39, 0.29) is 5.97 Å². The molecule has 2 atom stereocenters. The number of nitrogens with one attached hydrogen (secondary N) is 1. The van der Waals surface area contributed by atoms with Gasteiger partial charge in [0, 0.05) is 52.9 Å². The molecule has 186 valence electrons. The molecule has 0 radical (unpaired) electrons. The Balaban J connectivity index is 1.57. The number of carbonyl (C=O) groups excluding carboxylic acids is 1. The van der Waals surface area contributed by atoms with Crippen LogP contribution in [0.2, 0.25) is 0 Å². The molecule has 0 aliphatic carbocycles. The Labute approximate surface area is 217 Å². The van der Waals surface area contributed by atoms with E-state index in [1.165, 1.54) is 0 Å². The maximum atomic E-state index is 13.2. The number of esters is 1. The average molecular weight is 491 g/mol. The van der Waals surface area contributed by atoms with E-state index in [1.54, 1.807) is 0 Å². The zero-order chi connectivity index (χ0) is 25.7. The molecule has 1 N–H and O–H groups in total. The first-order valence-corrected chi connectivity index (χ1v) is 12.8. The maximum absolute atomic E-state index is 13.2. The second-order valence-corrected chi connectivity index (χ2v) is 9.92. The van der Waals surface area contributed by atoms with Gasteiger partial charge >= 0.3 is 5.97 Å². The highest BCUT2D eigenvalue weighted by atomic mass is 16.6. The standard InChI is InChI=1S/C32H30N2O3/c1-5-21(3)34(4)23-15-16-26-30(18-23)36-29-17-20(2)28(33-22-11-7-6-8-12-22)19-27(29)32(26)25-14-10-9-13-24(25)31(35)37-32/h6-19,21,33H,5H2,1-4H3. The fourth-order valence-electron chi connectivity index (χ4n) is 5.37. The van der Waals surface area contributed by atoms with Crippen LogP contribution in [0, 0.1) is 6.92 Å². The number of carbonyl (C=O) groups is 1. The van der Waals surface area contributed by atoms with Crippen molar-refractivity contribution in [1.29, 1.82) is 0 Å². The van der Waals surface area contributed by atoms with E-state index in [2.05, 4.69) is 56.2 Å². The molecule has 5 heteroatoms. The van der Waals surface area contributed by atoms with Gasteiger partial charge in [-0.05, 0) is 68.3 Å². The van der Waals surface area contributed by atoms with Crippen molar-refractivity contribution in [2.24, 2.45) is 0 Å². The molecule has 2 aliphatic heterocycles. The normalized spacial score (nSPS) is 17.8. The van der Waals surface area contributed by atoms with Crippen LogP contribution in [-0.2, 0) is 10.3 Å². The second kappa shape index (κ2) is 8.70. The van der Waals surface area contributed by atoms with Gasteiger partial charge in [0.05, 0.1) is 5.56 Å². The number of rotatable bonds is 5. The minimum Gasteiger partial charge on any atom is -0.456 e. The lowest BCUT2D eigenvalue weighted by Crippen LogP contribution is -2.34. The zero-order valence-corrected chi connectivity index (χ0v) is 21.5. The Morgan fingerprint density at radius 3 is 2.41 bits per heavy atom. The Kier molecular flexibility index (Phi) is 5.45. The zero-order valence-electron chi connectivity index (χ0n) is 21.5. The summed E-state index contributed by atoms with van der Waals surface area (Å²) in [6, 6.07) is 28.4. The van der Waals surface area contributed by atoms with Crippen molar-refractivity contribution in [3.8, 4) is 11.5 Å². The molecular weight excluding hydrogens is 460 g/mol. The highest BCUT2D eigenvalue weighted by molar-refractivity contribution is 5.97. The van der Waals surface area contributed by atoms with Crippen molar-refractivity contribution < 1.29 is 14.3 Å². The van der Waals surface area contributed by atoms with Crippen molar-refractivity contribution >= 4 is 23.0 Å². The van der Waals surface area contributed by atoms with E-state index in [4.69, 9.17) is 9.47 Å². The fourth-order valence-corrected chi connectivity index (χ4v) is 5.37. The molecule has 0 saturated heterocycles. The lowest BCUT2D eigenvalue weighted by atomic mass is 9.77. The van der Waals surface area contributed by atoms with Crippen LogP contribution in [0.4, 0.5) is 17.1 Å². The molecule has 0 saturated carbocycles. The van der Waals surface area contributed by atoms with Crippen molar-refractivity contribution in [1.82, 2.24) is 0 Å². The molecular formula is C32H30N2O3. The number of aryl methyl sites for hydroxylation is 1. The number of ether oxygens (including phenoxy) is 2. The van der Waals surface area contributed by atoms with Crippen LogP contribution in [0.1, 0.15) is 52.9 Å². The molecule has 0 aromatic heterocycles. The third kappa shape index (κ3) is 3.57. The van der Waals surface area contributed by atoms with E-state index in [0.29, 0.717) is 23.1 Å². The third-order valence-electron chi connectivity index (χ3n) is 7.75. The second-order valence-electron chi connectivity index (χ2n) is 9.92. The van der Waals surface area contributed by atoms with Crippen LogP contribution in [0.3, 0.4) is 0 Å². The number of benzene rings is 4. The van der Waals surface area contributed by atoms with Gasteiger partial charge in [0.1, 0.15) is 11.5 Å². The quantitative estimate of drug-likeness (QED) is 0.293. The van der Waals surface area contributed by atoms with Crippen molar-refractivity contribution in [2.75, 3.05) is 17.3 Å². The summed E-state index contributed by atoms with van der Waals surface area (Å²) in [6.45, 7) is 6.44. The van der Waals surface area contributed by atoms with Gasteiger partial charge in [-0.2, -0.15) is 0 Å². The summed E-state index contributed by atoms with van der Waals surface area (Å²) in [5, 5.41) is 3.53. The summed E-state index contributed by atoms with van der Waals surface area (Å²) in [5.74, 6) is 1.07. The van der Waals surface area contributed by atoms with Crippen LogP contribution in [-0.4, -0.2) is 19.1 Å². The van der Waals surface area contributed by atoms with E-state index in [9.17, 15) is 4.79 Å². The molecule has 0 fully saturated rings. The van der Waals surface area contributed by atoms with Crippen LogP contribution < -0.4 is 15.0 Å². The van der Waals surface area contributed by atoms with E-state index >= 15 is 0 Å². The molecule has 1 spiro atoms. The largest absolute Gasteiger partial charge is 0.456 e. The van der Waals surface area contributed by atoms with Crippen LogP contribution in [0.25, 0.3) is 0 Å². The molecule has 2 heterocycles. The molecule has 4 aromatic rings. The van der Waals surface area contributed by atoms with Gasteiger partial charge in [-0.3, -0.25) is 0 Å². The summed E-state index contributed by atoms with van der Waals surface area (Å²) < 4.78 is 12.9. The SMILES string of the molecule is CCC(C)N(C)c1ccc2c(c1)Oc1cc(C)c(Nc3ccccc3)cc1C21OC(=O)c2ccccc21. The highest BCUT2D eigenvalue weighted by Crippen LogP contribution is 2.57. The Morgan fingerprint density at radius 1 is 0.892 bits per heavy atom. The molecule has 6 rings (SSSR count). The van der Waals surface area contributed by atoms with E-state index in [0.717, 1.165) is 45.7 Å². The topological polar surface area (TPSA) is 50.8 Å². The summed E-state index contributed by atoms with van der Waals surface area (Å²) in [7, 11) is 2.10. The predicted octanol–water partition coefficient (Wildman–Crippen LogP) is 7.54. The monoisotopic (exact) mass is 490 g/mol. The van der Waals surface area contributed by atoms with Crippen molar-refractivity contribution in [3.63, 3.8) is 0 Å². The first-order chi connectivity index (χ1) is 17.9. The molecule has 37 heavy (non-hydrogen) atoms. The van der Waals surface area contributed by atoms with Gasteiger partial charge in [-0.15, -0.1) is 0 Å². The number of nitrogens with zero attached hydrogens (tertiary/aromatic N) is 1. The predicted molar refractivity (Wildman–Crippen MR) is 147 cm³/mol. The summed E-state index contributed by atoms with van der Waals surface area (Å²) >= 11 is 0. The minimum absolute atomic E-state index is 0.326. The highest BCUT2D eigenvalue weighted by Gasteiger charge is 2.53. The summed E-state index contributed by atoms with van der Waals surface area (Å²) in [5.41, 5.74) is 5.98. The molecule has 4 aromatic carbocycles. The first-order valence-electron chi connectivity index (χ1n) is 12.8. The smallest absolute Gasteiger partial charge is 0.340 e. The molecule has 2 aliphatic rings. The lowest BCUT2D eigenvalue weighted by molar-refractivity contribution is 0.0224.